The zero-order chi connectivity index (χ0) is 25.9. The van der Waals surface area contributed by atoms with Crippen molar-refractivity contribution in [2.75, 3.05) is 7.11 Å². The molecule has 1 aliphatic rings. The summed E-state index contributed by atoms with van der Waals surface area (Å²) in [6, 6.07) is 0. The Balaban J connectivity index is 2.71. The average Bonchev–Trinajstić information content (AvgIpc) is 2.82. The highest BCUT2D eigenvalue weighted by molar-refractivity contribution is 5.69. The quantitative estimate of drug-likeness (QED) is 0.0748. The molecule has 0 aromatic rings. The van der Waals surface area contributed by atoms with Crippen LogP contribution in [0.25, 0.3) is 0 Å². The van der Waals surface area contributed by atoms with Crippen molar-refractivity contribution in [1.82, 2.24) is 0 Å². The van der Waals surface area contributed by atoms with E-state index in [0.29, 0.717) is 19.3 Å². The molecule has 0 heterocycles. The maximum Gasteiger partial charge on any atom is 0.305 e. The molecule has 0 radical (unpaired) electrons. The molecule has 0 aliphatic heterocycles. The van der Waals surface area contributed by atoms with Crippen molar-refractivity contribution in [3.63, 3.8) is 0 Å². The highest BCUT2D eigenvalue weighted by atomic mass is 16.5. The van der Waals surface area contributed by atoms with Gasteiger partial charge in [0.15, 0.2) is 0 Å². The van der Waals surface area contributed by atoms with E-state index < -0.39 is 0 Å². The van der Waals surface area contributed by atoms with Crippen LogP contribution in [0.2, 0.25) is 0 Å². The predicted octanol–water partition coefficient (Wildman–Crippen LogP) is 6.64. The third-order valence-corrected chi connectivity index (χ3v) is 6.38. The first-order valence-electron chi connectivity index (χ1n) is 13.3. The van der Waals surface area contributed by atoms with E-state index in [4.69, 9.17) is 14.2 Å². The minimum Gasteiger partial charge on any atom is -0.469 e. The Hall–Kier alpha value is -2.37. The molecule has 0 saturated carbocycles. The minimum atomic E-state index is -0.302. The van der Waals surface area contributed by atoms with Crippen LogP contribution in [0.1, 0.15) is 97.8 Å². The monoisotopic (exact) mass is 490 g/mol. The van der Waals surface area contributed by atoms with Gasteiger partial charge in [-0.1, -0.05) is 69.4 Å². The van der Waals surface area contributed by atoms with Gasteiger partial charge in [0.1, 0.15) is 12.2 Å². The maximum atomic E-state index is 11.7. The van der Waals surface area contributed by atoms with E-state index in [2.05, 4.69) is 25.2 Å². The number of ether oxygens (including phenoxy) is 3. The third kappa shape index (κ3) is 14.6. The van der Waals surface area contributed by atoms with Crippen LogP contribution in [0.5, 0.6) is 0 Å². The average molecular weight is 491 g/mol. The van der Waals surface area contributed by atoms with E-state index in [0.717, 1.165) is 32.1 Å². The van der Waals surface area contributed by atoms with Crippen LogP contribution in [0.4, 0.5) is 0 Å². The summed E-state index contributed by atoms with van der Waals surface area (Å²) in [6.07, 6.45) is 23.2. The fourth-order valence-corrected chi connectivity index (χ4v) is 4.56. The molecule has 6 heteroatoms. The van der Waals surface area contributed by atoms with E-state index in [1.165, 1.54) is 46.6 Å². The van der Waals surface area contributed by atoms with E-state index in [-0.39, 0.29) is 42.0 Å². The second-order valence-corrected chi connectivity index (χ2v) is 9.36. The first-order valence-corrected chi connectivity index (χ1v) is 13.3. The Morgan fingerprint density at radius 3 is 2.26 bits per heavy atom. The van der Waals surface area contributed by atoms with Gasteiger partial charge in [-0.05, 0) is 50.5 Å². The molecule has 0 fully saturated rings. The number of rotatable bonds is 17. The molecule has 198 valence electrons. The van der Waals surface area contributed by atoms with Crippen LogP contribution >= 0.6 is 0 Å². The van der Waals surface area contributed by atoms with Gasteiger partial charge in [0.05, 0.1) is 7.11 Å². The molecule has 1 rings (SSSR count). The molecule has 0 aromatic carbocycles. The van der Waals surface area contributed by atoms with Gasteiger partial charge in [-0.3, -0.25) is 14.4 Å². The normalized spacial score (nSPS) is 19.5. The molecular formula is C29H46O6. The molecule has 0 spiro atoms. The topological polar surface area (TPSA) is 78.9 Å². The van der Waals surface area contributed by atoms with Gasteiger partial charge in [-0.25, -0.2) is 0 Å². The number of hydrogen-bond donors (Lipinski definition) is 0. The molecule has 6 nitrogen and oxygen atoms in total. The van der Waals surface area contributed by atoms with Crippen LogP contribution in [0, 0.1) is 11.8 Å². The van der Waals surface area contributed by atoms with Gasteiger partial charge in [-0.15, -0.1) is 0 Å². The Kier molecular flexibility index (Phi) is 16.6. The number of methoxy groups -OCH3 is 1. The summed E-state index contributed by atoms with van der Waals surface area (Å²) in [6.45, 7) is 5.09. The SMILES string of the molecule is CCCCCCCCC(/C=C/C=C/[C@H]1CC=CC[C@@H]1C(CCCC(=O)OC)OC(C)=O)OC(C)=O. The van der Waals surface area contributed by atoms with Crippen molar-refractivity contribution < 1.29 is 28.6 Å². The summed E-state index contributed by atoms with van der Waals surface area (Å²) in [5, 5.41) is 0. The van der Waals surface area contributed by atoms with Crippen LogP contribution in [0.15, 0.2) is 36.5 Å². The lowest BCUT2D eigenvalue weighted by molar-refractivity contribution is -0.150. The second-order valence-electron chi connectivity index (χ2n) is 9.36. The number of carbonyl (C=O) groups is 3. The zero-order valence-electron chi connectivity index (χ0n) is 22.2. The maximum absolute atomic E-state index is 11.7. The van der Waals surface area contributed by atoms with Crippen molar-refractivity contribution in [3.8, 4) is 0 Å². The molecule has 0 bridgehead atoms. The summed E-state index contributed by atoms with van der Waals surface area (Å²) in [5.41, 5.74) is 0. The van der Waals surface area contributed by atoms with Gasteiger partial charge in [0.25, 0.3) is 0 Å². The summed E-state index contributed by atoms with van der Waals surface area (Å²) in [7, 11) is 1.38. The fourth-order valence-electron chi connectivity index (χ4n) is 4.56. The Morgan fingerprint density at radius 2 is 1.57 bits per heavy atom. The standard InChI is InChI=1S/C29H46O6/c1-5-6-7-8-9-10-18-26(34-23(2)30)19-13-11-16-25-17-12-14-20-27(25)28(35-24(3)31)21-15-22-29(32)33-4/h11-14,16,19,25-28H,5-10,15,17-18,20-22H2,1-4H3/b16-11+,19-13+/t25-,26?,27-,28?/m0/s1. The molecule has 0 aromatic heterocycles. The van der Waals surface area contributed by atoms with Gasteiger partial charge in [0.2, 0.25) is 0 Å². The molecule has 0 amide bonds. The summed E-state index contributed by atoms with van der Waals surface area (Å²) >= 11 is 0. The number of esters is 3. The van der Waals surface area contributed by atoms with E-state index in [1.807, 2.05) is 18.2 Å². The minimum absolute atomic E-state index is 0.151. The lowest BCUT2D eigenvalue weighted by Gasteiger charge is -2.33. The van der Waals surface area contributed by atoms with Crippen LogP contribution in [-0.2, 0) is 28.6 Å². The van der Waals surface area contributed by atoms with Crippen molar-refractivity contribution in [1.29, 1.82) is 0 Å². The van der Waals surface area contributed by atoms with Crippen molar-refractivity contribution in [2.45, 2.75) is 110 Å². The molecule has 4 atom stereocenters. The molecular weight excluding hydrogens is 444 g/mol. The van der Waals surface area contributed by atoms with Gasteiger partial charge >= 0.3 is 17.9 Å². The zero-order valence-corrected chi connectivity index (χ0v) is 22.2. The lowest BCUT2D eigenvalue weighted by atomic mass is 9.78. The Bertz CT molecular complexity index is 708. The Morgan fingerprint density at radius 1 is 0.886 bits per heavy atom. The predicted molar refractivity (Wildman–Crippen MR) is 139 cm³/mol. The number of hydrogen-bond acceptors (Lipinski definition) is 6. The smallest absolute Gasteiger partial charge is 0.305 e. The van der Waals surface area contributed by atoms with Crippen molar-refractivity contribution in [3.05, 3.63) is 36.5 Å². The largest absolute Gasteiger partial charge is 0.469 e. The van der Waals surface area contributed by atoms with Gasteiger partial charge < -0.3 is 14.2 Å². The highest BCUT2D eigenvalue weighted by Crippen LogP contribution is 2.33. The van der Waals surface area contributed by atoms with E-state index in [9.17, 15) is 14.4 Å². The van der Waals surface area contributed by atoms with Gasteiger partial charge in [0, 0.05) is 26.2 Å². The molecule has 2 unspecified atom stereocenters. The highest BCUT2D eigenvalue weighted by Gasteiger charge is 2.30. The summed E-state index contributed by atoms with van der Waals surface area (Å²) in [4.78, 5) is 34.7. The summed E-state index contributed by atoms with van der Waals surface area (Å²) in [5.74, 6) is -0.441. The molecule has 1 aliphatic carbocycles. The molecule has 0 N–H and O–H groups in total. The van der Waals surface area contributed by atoms with Crippen LogP contribution in [0.3, 0.4) is 0 Å². The first kappa shape index (κ1) is 30.7. The Labute approximate surface area is 212 Å². The van der Waals surface area contributed by atoms with Crippen molar-refractivity contribution >= 4 is 17.9 Å². The van der Waals surface area contributed by atoms with Crippen LogP contribution in [-0.4, -0.2) is 37.2 Å². The summed E-state index contributed by atoms with van der Waals surface area (Å²) < 4.78 is 15.9. The third-order valence-electron chi connectivity index (χ3n) is 6.38. The van der Waals surface area contributed by atoms with E-state index in [1.54, 1.807) is 0 Å². The molecule has 35 heavy (non-hydrogen) atoms. The second kappa shape index (κ2) is 18.9. The fraction of sp³-hybridized carbons (Fsp3) is 0.690. The number of unbranched alkanes of at least 4 members (excludes halogenated alkanes) is 5. The van der Waals surface area contributed by atoms with Gasteiger partial charge in [-0.2, -0.15) is 0 Å². The number of allylic oxidation sites excluding steroid dienone is 5. The first-order chi connectivity index (χ1) is 16.9. The van der Waals surface area contributed by atoms with Crippen LogP contribution < -0.4 is 0 Å². The van der Waals surface area contributed by atoms with Crippen molar-refractivity contribution in [2.24, 2.45) is 11.8 Å². The lowest BCUT2D eigenvalue weighted by Crippen LogP contribution is -2.32. The number of carbonyl (C=O) groups excluding carboxylic acids is 3. The molecule has 0 saturated heterocycles. The van der Waals surface area contributed by atoms with E-state index >= 15 is 0 Å².